The van der Waals surface area contributed by atoms with Crippen molar-refractivity contribution in [3.05, 3.63) is 96.6 Å². The Bertz CT molecular complexity index is 1180. The summed E-state index contributed by atoms with van der Waals surface area (Å²) in [6.07, 6.45) is 1.53. The third kappa shape index (κ3) is 7.30. The molecule has 186 valence electrons. The molecule has 0 radical (unpaired) electrons. The van der Waals surface area contributed by atoms with Crippen molar-refractivity contribution in [3.8, 4) is 22.6 Å². The highest BCUT2D eigenvalue weighted by molar-refractivity contribution is 5.92. The summed E-state index contributed by atoms with van der Waals surface area (Å²) in [4.78, 5) is 36.4. The monoisotopic (exact) mass is 488 g/mol. The third-order valence-electron chi connectivity index (χ3n) is 5.10. The predicted octanol–water partition coefficient (Wildman–Crippen LogP) is 5.64. The first kappa shape index (κ1) is 26.2. The molecular formula is C29H28O7. The number of benzene rings is 3. The van der Waals surface area contributed by atoms with Crippen molar-refractivity contribution in [2.75, 3.05) is 13.2 Å². The van der Waals surface area contributed by atoms with Crippen molar-refractivity contribution in [2.45, 2.75) is 26.4 Å². The van der Waals surface area contributed by atoms with E-state index in [1.54, 1.807) is 73.7 Å². The molecule has 36 heavy (non-hydrogen) atoms. The van der Waals surface area contributed by atoms with E-state index in [1.807, 2.05) is 12.1 Å². The highest BCUT2D eigenvalue weighted by Crippen LogP contribution is 2.24. The molecule has 7 heteroatoms. The first-order valence-corrected chi connectivity index (χ1v) is 11.5. The molecule has 3 rings (SSSR count). The Morgan fingerprint density at radius 1 is 0.806 bits per heavy atom. The lowest BCUT2D eigenvalue weighted by atomic mass is 10.0. The maximum atomic E-state index is 12.4. The number of ether oxygens (including phenoxy) is 4. The fraction of sp³-hybridized carbons (Fsp3) is 0.207. The fourth-order valence-electron chi connectivity index (χ4n) is 3.16. The highest BCUT2D eigenvalue weighted by atomic mass is 16.6. The Hall–Kier alpha value is -4.39. The Kier molecular flexibility index (Phi) is 9.40. The van der Waals surface area contributed by atoms with E-state index in [0.29, 0.717) is 29.2 Å². The minimum atomic E-state index is -0.985. The third-order valence-corrected chi connectivity index (χ3v) is 5.10. The van der Waals surface area contributed by atoms with Crippen LogP contribution in [0.2, 0.25) is 0 Å². The summed E-state index contributed by atoms with van der Waals surface area (Å²) in [5, 5.41) is 0. The topological polar surface area (TPSA) is 88.1 Å². The van der Waals surface area contributed by atoms with Crippen LogP contribution in [0.1, 0.15) is 41.0 Å². The van der Waals surface area contributed by atoms with Crippen LogP contribution in [-0.4, -0.2) is 37.2 Å². The van der Waals surface area contributed by atoms with Gasteiger partial charge in [0.15, 0.2) is 6.10 Å². The summed E-state index contributed by atoms with van der Waals surface area (Å²) in [5.74, 6) is -0.594. The molecular weight excluding hydrogens is 460 g/mol. The van der Waals surface area contributed by atoms with Gasteiger partial charge in [-0.2, -0.15) is 0 Å². The molecule has 0 spiro atoms. The quantitative estimate of drug-likeness (QED) is 0.149. The Morgan fingerprint density at radius 3 is 1.92 bits per heavy atom. The van der Waals surface area contributed by atoms with Gasteiger partial charge < -0.3 is 18.9 Å². The molecule has 0 aliphatic heterocycles. The molecule has 0 amide bonds. The molecule has 0 aromatic heterocycles. The van der Waals surface area contributed by atoms with E-state index < -0.39 is 24.0 Å². The van der Waals surface area contributed by atoms with E-state index >= 15 is 0 Å². The standard InChI is InChI=1S/C29H28O7/c1-4-6-19-34-25-15-13-24(14-16-25)29(32)36-26-17-11-22(12-18-26)21-7-9-23(10-8-21)28(31)35-20(3)27(30)33-5-2/h4,7-18,20H,1,5-6,19H2,2-3H3/t20-/m1/s1. The van der Waals surface area contributed by atoms with E-state index in [-0.39, 0.29) is 6.61 Å². The molecule has 0 aliphatic rings. The molecule has 0 N–H and O–H groups in total. The zero-order chi connectivity index (χ0) is 25.9. The van der Waals surface area contributed by atoms with Crippen LogP contribution in [0, 0.1) is 0 Å². The Balaban J connectivity index is 1.57. The first-order valence-electron chi connectivity index (χ1n) is 11.5. The van der Waals surface area contributed by atoms with Crippen LogP contribution in [0.15, 0.2) is 85.5 Å². The van der Waals surface area contributed by atoms with E-state index in [0.717, 1.165) is 17.5 Å². The smallest absolute Gasteiger partial charge is 0.347 e. The zero-order valence-electron chi connectivity index (χ0n) is 20.3. The molecule has 1 atom stereocenters. The number of hydrogen-bond donors (Lipinski definition) is 0. The van der Waals surface area contributed by atoms with Crippen LogP contribution in [0.4, 0.5) is 0 Å². The highest BCUT2D eigenvalue weighted by Gasteiger charge is 2.20. The fourth-order valence-corrected chi connectivity index (χ4v) is 3.16. The van der Waals surface area contributed by atoms with Crippen molar-refractivity contribution < 1.29 is 33.3 Å². The van der Waals surface area contributed by atoms with Crippen LogP contribution >= 0.6 is 0 Å². The Morgan fingerprint density at radius 2 is 1.33 bits per heavy atom. The van der Waals surface area contributed by atoms with E-state index in [1.165, 1.54) is 6.92 Å². The predicted molar refractivity (Wildman–Crippen MR) is 135 cm³/mol. The number of carbonyl (C=O) groups is 3. The van der Waals surface area contributed by atoms with Crippen molar-refractivity contribution in [1.29, 1.82) is 0 Å². The van der Waals surface area contributed by atoms with E-state index in [9.17, 15) is 14.4 Å². The van der Waals surface area contributed by atoms with Crippen molar-refractivity contribution in [3.63, 3.8) is 0 Å². The zero-order valence-corrected chi connectivity index (χ0v) is 20.3. The molecule has 0 aliphatic carbocycles. The minimum Gasteiger partial charge on any atom is -0.493 e. The van der Waals surface area contributed by atoms with Gasteiger partial charge in [-0.15, -0.1) is 6.58 Å². The van der Waals surface area contributed by atoms with Crippen LogP contribution in [0.5, 0.6) is 11.5 Å². The normalized spacial score (nSPS) is 11.2. The molecule has 3 aromatic rings. The maximum absolute atomic E-state index is 12.4. The lowest BCUT2D eigenvalue weighted by molar-refractivity contribution is -0.152. The van der Waals surface area contributed by atoms with Gasteiger partial charge >= 0.3 is 17.9 Å². The second kappa shape index (κ2) is 12.9. The second-order valence-electron chi connectivity index (χ2n) is 7.74. The number of rotatable bonds is 11. The molecule has 0 bridgehead atoms. The average molecular weight is 489 g/mol. The molecule has 0 saturated carbocycles. The summed E-state index contributed by atoms with van der Waals surface area (Å²) in [6, 6.07) is 20.6. The van der Waals surface area contributed by atoms with Crippen molar-refractivity contribution in [1.82, 2.24) is 0 Å². The van der Waals surface area contributed by atoms with Gasteiger partial charge in [-0.05, 0) is 79.9 Å². The molecule has 0 saturated heterocycles. The summed E-state index contributed by atoms with van der Waals surface area (Å²) in [6.45, 7) is 7.54. The van der Waals surface area contributed by atoms with Gasteiger partial charge in [0.1, 0.15) is 11.5 Å². The molecule has 3 aromatic carbocycles. The van der Waals surface area contributed by atoms with E-state index in [2.05, 4.69) is 6.58 Å². The summed E-state index contributed by atoms with van der Waals surface area (Å²) < 4.78 is 21.0. The van der Waals surface area contributed by atoms with E-state index in [4.69, 9.17) is 18.9 Å². The minimum absolute atomic E-state index is 0.215. The van der Waals surface area contributed by atoms with Gasteiger partial charge in [0.05, 0.1) is 24.3 Å². The first-order chi connectivity index (χ1) is 17.4. The van der Waals surface area contributed by atoms with Crippen molar-refractivity contribution in [2.24, 2.45) is 0 Å². The molecule has 7 nitrogen and oxygen atoms in total. The Labute approximate surface area is 210 Å². The van der Waals surface area contributed by atoms with Crippen LogP contribution in [-0.2, 0) is 14.3 Å². The van der Waals surface area contributed by atoms with Crippen LogP contribution in [0.3, 0.4) is 0 Å². The van der Waals surface area contributed by atoms with Gasteiger partial charge in [0, 0.05) is 0 Å². The second-order valence-corrected chi connectivity index (χ2v) is 7.74. The van der Waals surface area contributed by atoms with Gasteiger partial charge in [0.2, 0.25) is 0 Å². The molecule has 0 heterocycles. The molecule has 0 unspecified atom stereocenters. The number of carbonyl (C=O) groups excluding carboxylic acids is 3. The summed E-state index contributed by atoms with van der Waals surface area (Å²) in [7, 11) is 0. The average Bonchev–Trinajstić information content (AvgIpc) is 2.90. The van der Waals surface area contributed by atoms with Gasteiger partial charge in [0.25, 0.3) is 0 Å². The van der Waals surface area contributed by atoms with Gasteiger partial charge in [-0.3, -0.25) is 0 Å². The maximum Gasteiger partial charge on any atom is 0.347 e. The van der Waals surface area contributed by atoms with Gasteiger partial charge in [-0.25, -0.2) is 14.4 Å². The van der Waals surface area contributed by atoms with Crippen LogP contribution in [0.25, 0.3) is 11.1 Å². The molecule has 0 fully saturated rings. The number of esters is 3. The lowest BCUT2D eigenvalue weighted by Crippen LogP contribution is -2.26. The van der Waals surface area contributed by atoms with Crippen molar-refractivity contribution >= 4 is 17.9 Å². The van der Waals surface area contributed by atoms with Crippen LogP contribution < -0.4 is 9.47 Å². The summed E-state index contributed by atoms with van der Waals surface area (Å²) in [5.41, 5.74) is 2.46. The van der Waals surface area contributed by atoms with Gasteiger partial charge in [-0.1, -0.05) is 30.3 Å². The number of hydrogen-bond acceptors (Lipinski definition) is 7. The largest absolute Gasteiger partial charge is 0.493 e. The summed E-state index contributed by atoms with van der Waals surface area (Å²) >= 11 is 0. The SMILES string of the molecule is C=CCCOc1ccc(C(=O)Oc2ccc(-c3ccc(C(=O)O[C@H](C)C(=O)OCC)cc3)cc2)cc1. The lowest BCUT2D eigenvalue weighted by Gasteiger charge is -2.12.